The van der Waals surface area contributed by atoms with Crippen molar-refractivity contribution in [1.29, 1.82) is 0 Å². The van der Waals surface area contributed by atoms with E-state index in [1.54, 1.807) is 33.3 Å². The topological polar surface area (TPSA) is 40.6 Å². The molecule has 0 spiro atoms. The molecule has 33 heavy (non-hydrogen) atoms. The number of nitrogens with zero attached hydrogens (tertiary/aromatic N) is 2. The molecule has 0 bridgehead atoms. The van der Waals surface area contributed by atoms with Gasteiger partial charge in [-0.3, -0.25) is 9.59 Å². The summed E-state index contributed by atoms with van der Waals surface area (Å²) < 4.78 is 26.7. The fourth-order valence-electron chi connectivity index (χ4n) is 3.67. The molecular weight excluding hydrogens is 442 g/mol. The highest BCUT2D eigenvalue weighted by molar-refractivity contribution is 7.11. The first-order chi connectivity index (χ1) is 15.9. The first-order valence-corrected chi connectivity index (χ1v) is 11.8. The van der Waals surface area contributed by atoms with Crippen LogP contribution in [0.3, 0.4) is 0 Å². The lowest BCUT2D eigenvalue weighted by Crippen LogP contribution is -2.43. The van der Waals surface area contributed by atoms with Gasteiger partial charge in [0.1, 0.15) is 18.2 Å². The molecule has 0 unspecified atom stereocenters. The second-order valence-corrected chi connectivity index (χ2v) is 9.90. The summed E-state index contributed by atoms with van der Waals surface area (Å²) in [6.07, 6.45) is 2.07. The Labute approximate surface area is 196 Å². The van der Waals surface area contributed by atoms with Crippen molar-refractivity contribution in [2.45, 2.75) is 32.9 Å². The lowest BCUT2D eigenvalue weighted by molar-refractivity contribution is -0.133. The number of amides is 2. The first kappa shape index (κ1) is 23.1. The lowest BCUT2D eigenvalue weighted by Gasteiger charge is -2.28. The van der Waals surface area contributed by atoms with Crippen LogP contribution in [-0.2, 0) is 17.9 Å². The van der Waals surface area contributed by atoms with Crippen LogP contribution in [-0.4, -0.2) is 34.7 Å². The summed E-state index contributed by atoms with van der Waals surface area (Å²) in [6, 6.07) is 15.5. The van der Waals surface area contributed by atoms with Crippen LogP contribution >= 0.6 is 11.3 Å². The summed E-state index contributed by atoms with van der Waals surface area (Å²) in [5.74, 6) is -0.794. The maximum absolute atomic E-state index is 13.4. The summed E-state index contributed by atoms with van der Waals surface area (Å²) >= 11 is 1.62. The molecular formula is C26H26F2N2O2S. The molecule has 3 aromatic rings. The van der Waals surface area contributed by atoms with Crippen molar-refractivity contribution < 1.29 is 18.4 Å². The highest BCUT2D eigenvalue weighted by Crippen LogP contribution is 2.30. The van der Waals surface area contributed by atoms with Gasteiger partial charge in [0.15, 0.2) is 0 Å². The van der Waals surface area contributed by atoms with Crippen molar-refractivity contribution in [2.75, 3.05) is 13.1 Å². The molecule has 1 heterocycles. The number of hydrogen-bond acceptors (Lipinski definition) is 3. The van der Waals surface area contributed by atoms with Gasteiger partial charge < -0.3 is 9.80 Å². The van der Waals surface area contributed by atoms with Gasteiger partial charge in [0.2, 0.25) is 5.91 Å². The largest absolute Gasteiger partial charge is 0.332 e. The Morgan fingerprint density at radius 2 is 1.52 bits per heavy atom. The number of carbonyl (C=O) groups excluding carboxylic acids is 2. The van der Waals surface area contributed by atoms with Gasteiger partial charge in [-0.2, -0.15) is 0 Å². The summed E-state index contributed by atoms with van der Waals surface area (Å²) in [5, 5.41) is 0. The molecule has 4 nitrogen and oxygen atoms in total. The van der Waals surface area contributed by atoms with Gasteiger partial charge in [-0.05, 0) is 79.8 Å². The van der Waals surface area contributed by atoms with Crippen molar-refractivity contribution >= 4 is 23.2 Å². The Morgan fingerprint density at radius 3 is 2.09 bits per heavy atom. The highest BCUT2D eigenvalue weighted by atomic mass is 32.1. The summed E-state index contributed by atoms with van der Waals surface area (Å²) in [7, 11) is 0. The number of halogens is 2. The third kappa shape index (κ3) is 6.48. The summed E-state index contributed by atoms with van der Waals surface area (Å²) in [4.78, 5) is 32.0. The van der Waals surface area contributed by atoms with Gasteiger partial charge in [-0.1, -0.05) is 12.1 Å². The maximum Gasteiger partial charge on any atom is 0.254 e. The van der Waals surface area contributed by atoms with E-state index in [1.165, 1.54) is 36.4 Å². The van der Waals surface area contributed by atoms with E-state index in [-0.39, 0.29) is 24.2 Å². The average molecular weight is 469 g/mol. The number of hydrogen-bond donors (Lipinski definition) is 0. The van der Waals surface area contributed by atoms with Gasteiger partial charge in [-0.25, -0.2) is 8.78 Å². The minimum Gasteiger partial charge on any atom is -0.332 e. The smallest absolute Gasteiger partial charge is 0.254 e. The van der Waals surface area contributed by atoms with Crippen molar-refractivity contribution in [3.8, 4) is 0 Å². The number of thiophene rings is 1. The quantitative estimate of drug-likeness (QED) is 0.421. The van der Waals surface area contributed by atoms with Crippen molar-refractivity contribution in [1.82, 2.24) is 9.80 Å². The molecule has 0 saturated heterocycles. The van der Waals surface area contributed by atoms with Crippen LogP contribution in [0, 0.1) is 24.5 Å². The number of rotatable bonds is 9. The Hall–Kier alpha value is -3.06. The summed E-state index contributed by atoms with van der Waals surface area (Å²) in [5.41, 5.74) is 1.18. The number of benzene rings is 2. The summed E-state index contributed by atoms with van der Waals surface area (Å²) in [6.45, 7) is 3.19. The van der Waals surface area contributed by atoms with Crippen LogP contribution in [0.2, 0.25) is 0 Å². The zero-order chi connectivity index (χ0) is 23.4. The molecule has 1 aliphatic carbocycles. The molecule has 0 atom stereocenters. The second-order valence-electron chi connectivity index (χ2n) is 8.52. The van der Waals surface area contributed by atoms with Gasteiger partial charge in [0.05, 0.1) is 6.54 Å². The minimum atomic E-state index is -0.409. The molecule has 1 aromatic heterocycles. The van der Waals surface area contributed by atoms with Crippen LogP contribution in [0.15, 0.2) is 60.7 Å². The van der Waals surface area contributed by atoms with Gasteiger partial charge in [0, 0.05) is 28.4 Å². The van der Waals surface area contributed by atoms with E-state index in [0.29, 0.717) is 31.1 Å². The van der Waals surface area contributed by atoms with E-state index in [0.717, 1.165) is 28.2 Å². The van der Waals surface area contributed by atoms with Crippen LogP contribution in [0.5, 0.6) is 0 Å². The fourth-order valence-corrected chi connectivity index (χ4v) is 4.58. The molecule has 2 aromatic carbocycles. The van der Waals surface area contributed by atoms with E-state index in [4.69, 9.17) is 0 Å². The SMILES string of the molecule is Cc1ccc(CN(Cc2ccc(F)cc2)C(=O)CN(CC2CC2)C(=O)c2ccc(F)cc2)s1. The molecule has 1 saturated carbocycles. The predicted octanol–water partition coefficient (Wildman–Crippen LogP) is 5.42. The van der Waals surface area contributed by atoms with Crippen molar-refractivity contribution in [2.24, 2.45) is 5.92 Å². The van der Waals surface area contributed by atoms with Crippen LogP contribution < -0.4 is 0 Å². The molecule has 0 N–H and O–H groups in total. The molecule has 172 valence electrons. The third-order valence-corrected chi connectivity index (χ3v) is 6.65. The van der Waals surface area contributed by atoms with E-state index in [2.05, 4.69) is 0 Å². The Kier molecular flexibility index (Phi) is 7.18. The third-order valence-electron chi connectivity index (χ3n) is 5.66. The Balaban J connectivity index is 1.53. The standard InChI is InChI=1S/C26H26F2N2O2S/c1-18-2-13-24(33-18)16-29(14-20-5-9-22(27)10-6-20)25(31)17-30(15-19-3-4-19)26(32)21-7-11-23(28)12-8-21/h2,5-13,19H,3-4,14-17H2,1H3. The second kappa shape index (κ2) is 10.3. The molecule has 2 amide bonds. The van der Waals surface area contributed by atoms with Gasteiger partial charge in [-0.15, -0.1) is 11.3 Å². The Bertz CT molecular complexity index is 1110. The maximum atomic E-state index is 13.4. The Morgan fingerprint density at radius 1 is 0.879 bits per heavy atom. The van der Waals surface area contributed by atoms with Crippen LogP contribution in [0.1, 0.15) is 38.5 Å². The van der Waals surface area contributed by atoms with Crippen molar-refractivity contribution in [3.63, 3.8) is 0 Å². The lowest BCUT2D eigenvalue weighted by atomic mass is 10.1. The first-order valence-electron chi connectivity index (χ1n) is 11.0. The number of carbonyl (C=O) groups is 2. The normalized spacial score (nSPS) is 13.1. The zero-order valence-electron chi connectivity index (χ0n) is 18.5. The van der Waals surface area contributed by atoms with E-state index in [1.807, 2.05) is 19.1 Å². The van der Waals surface area contributed by atoms with E-state index >= 15 is 0 Å². The van der Waals surface area contributed by atoms with Crippen LogP contribution in [0.25, 0.3) is 0 Å². The van der Waals surface area contributed by atoms with Crippen LogP contribution in [0.4, 0.5) is 8.78 Å². The van der Waals surface area contributed by atoms with E-state index < -0.39 is 5.82 Å². The molecule has 1 fully saturated rings. The monoisotopic (exact) mass is 468 g/mol. The molecule has 7 heteroatoms. The van der Waals surface area contributed by atoms with Gasteiger partial charge in [0.25, 0.3) is 5.91 Å². The van der Waals surface area contributed by atoms with Gasteiger partial charge >= 0.3 is 0 Å². The predicted molar refractivity (Wildman–Crippen MR) is 125 cm³/mol. The zero-order valence-corrected chi connectivity index (χ0v) is 19.3. The molecule has 4 rings (SSSR count). The highest BCUT2D eigenvalue weighted by Gasteiger charge is 2.30. The van der Waals surface area contributed by atoms with E-state index in [9.17, 15) is 18.4 Å². The molecule has 0 radical (unpaired) electrons. The average Bonchev–Trinajstić information content (AvgIpc) is 3.53. The fraction of sp³-hybridized carbons (Fsp3) is 0.308. The molecule has 1 aliphatic rings. The number of aryl methyl sites for hydroxylation is 1. The minimum absolute atomic E-state index is 0.0573. The molecule has 0 aliphatic heterocycles. The van der Waals surface area contributed by atoms with Crippen molar-refractivity contribution in [3.05, 3.63) is 93.2 Å².